The van der Waals surface area contributed by atoms with Crippen LogP contribution in [0.4, 0.5) is 0 Å². The van der Waals surface area contributed by atoms with Crippen LogP contribution in [0.1, 0.15) is 11.3 Å². The molecule has 10 heteroatoms. The number of amides is 3. The van der Waals surface area contributed by atoms with Gasteiger partial charge in [0.25, 0.3) is 10.0 Å². The molecule has 2 bridgehead atoms. The Kier molecular flexibility index (Phi) is 4.64. The molecule has 0 radical (unpaired) electrons. The van der Waals surface area contributed by atoms with E-state index >= 15 is 0 Å². The number of carbonyl (C=O) groups excluding carboxylic acids is 3. The number of rotatable bonds is 4. The Hall–Kier alpha value is -2.04. The van der Waals surface area contributed by atoms with Gasteiger partial charge in [-0.1, -0.05) is 12.2 Å². The van der Waals surface area contributed by atoms with Gasteiger partial charge in [0.05, 0.1) is 11.8 Å². The summed E-state index contributed by atoms with van der Waals surface area (Å²) in [5.41, 5.74) is 0. The van der Waals surface area contributed by atoms with Crippen LogP contribution >= 0.6 is 11.3 Å². The smallest absolute Gasteiger partial charge is 0.252 e. The van der Waals surface area contributed by atoms with Gasteiger partial charge in [-0.25, -0.2) is 8.42 Å². The molecule has 2 aliphatic heterocycles. The van der Waals surface area contributed by atoms with E-state index in [1.165, 1.54) is 15.6 Å². The number of thiophene rings is 1. The average molecular weight is 450 g/mol. The van der Waals surface area contributed by atoms with Crippen molar-refractivity contribution in [2.45, 2.75) is 17.6 Å². The third-order valence-electron chi connectivity index (χ3n) is 6.76. The van der Waals surface area contributed by atoms with Gasteiger partial charge >= 0.3 is 0 Å². The normalized spacial score (nSPS) is 31.1. The molecule has 3 amide bonds. The van der Waals surface area contributed by atoms with Gasteiger partial charge in [-0.2, -0.15) is 4.31 Å². The second-order valence-electron chi connectivity index (χ2n) is 8.41. The summed E-state index contributed by atoms with van der Waals surface area (Å²) in [6, 6.07) is 3.38. The Balaban J connectivity index is 1.21. The molecule has 0 N–H and O–H groups in total. The van der Waals surface area contributed by atoms with Crippen LogP contribution in [-0.2, 0) is 24.4 Å². The lowest BCUT2D eigenvalue weighted by Crippen LogP contribution is -2.53. The zero-order valence-electron chi connectivity index (χ0n) is 16.6. The molecule has 1 saturated carbocycles. The van der Waals surface area contributed by atoms with E-state index in [1.807, 2.05) is 19.1 Å². The first-order valence-corrected chi connectivity index (χ1v) is 12.4. The van der Waals surface area contributed by atoms with Gasteiger partial charge in [0, 0.05) is 31.1 Å². The summed E-state index contributed by atoms with van der Waals surface area (Å²) in [6.07, 6.45) is 4.91. The van der Waals surface area contributed by atoms with Gasteiger partial charge in [-0.15, -0.1) is 11.3 Å². The van der Waals surface area contributed by atoms with Crippen molar-refractivity contribution in [3.05, 3.63) is 29.2 Å². The number of hydrogen-bond donors (Lipinski definition) is 0. The van der Waals surface area contributed by atoms with Crippen molar-refractivity contribution in [1.82, 2.24) is 14.1 Å². The quantitative estimate of drug-likeness (QED) is 0.498. The fraction of sp³-hybridized carbons (Fsp3) is 0.550. The molecular formula is C20H23N3O5S2. The van der Waals surface area contributed by atoms with Crippen LogP contribution in [0.25, 0.3) is 0 Å². The zero-order chi connectivity index (χ0) is 21.2. The molecule has 3 heterocycles. The van der Waals surface area contributed by atoms with E-state index in [-0.39, 0.29) is 74.1 Å². The average Bonchev–Trinajstić information content (AvgIpc) is 3.50. The van der Waals surface area contributed by atoms with Crippen LogP contribution in [0.3, 0.4) is 0 Å². The summed E-state index contributed by atoms with van der Waals surface area (Å²) < 4.78 is 27.2. The molecule has 4 unspecified atom stereocenters. The second kappa shape index (κ2) is 7.00. The van der Waals surface area contributed by atoms with Crippen LogP contribution in [0.15, 0.2) is 28.5 Å². The molecule has 3 fully saturated rings. The van der Waals surface area contributed by atoms with Crippen LogP contribution in [0, 0.1) is 30.6 Å². The minimum Gasteiger partial charge on any atom is -0.338 e. The van der Waals surface area contributed by atoms with Crippen LogP contribution in [0.2, 0.25) is 0 Å². The van der Waals surface area contributed by atoms with Gasteiger partial charge in [0.1, 0.15) is 10.8 Å². The lowest BCUT2D eigenvalue weighted by molar-refractivity contribution is -0.147. The number of nitrogens with zero attached hydrogens (tertiary/aromatic N) is 3. The Bertz CT molecular complexity index is 1020. The van der Waals surface area contributed by atoms with E-state index in [0.29, 0.717) is 4.21 Å². The Morgan fingerprint density at radius 2 is 1.63 bits per heavy atom. The highest BCUT2D eigenvalue weighted by atomic mass is 32.2. The van der Waals surface area contributed by atoms with Crippen molar-refractivity contribution in [1.29, 1.82) is 0 Å². The van der Waals surface area contributed by atoms with E-state index in [9.17, 15) is 22.8 Å². The van der Waals surface area contributed by atoms with E-state index in [2.05, 4.69) is 0 Å². The number of hydrogen-bond acceptors (Lipinski definition) is 6. The lowest BCUT2D eigenvalue weighted by atomic mass is 9.85. The van der Waals surface area contributed by atoms with Crippen LogP contribution in [-0.4, -0.2) is 73.0 Å². The molecule has 4 atom stereocenters. The summed E-state index contributed by atoms with van der Waals surface area (Å²) in [4.78, 5) is 41.9. The van der Waals surface area contributed by atoms with E-state index in [0.717, 1.165) is 16.2 Å². The third-order valence-corrected chi connectivity index (χ3v) is 10.1. The first-order valence-electron chi connectivity index (χ1n) is 10.2. The number of sulfonamides is 1. The Labute approximate surface area is 179 Å². The fourth-order valence-electron chi connectivity index (χ4n) is 5.21. The van der Waals surface area contributed by atoms with Crippen molar-refractivity contribution < 1.29 is 22.8 Å². The number of likely N-dealkylation sites (tertiary alicyclic amines) is 1. The topological polar surface area (TPSA) is 95.1 Å². The third kappa shape index (κ3) is 2.96. The molecule has 8 nitrogen and oxygen atoms in total. The minimum atomic E-state index is -3.56. The molecule has 2 aliphatic carbocycles. The Morgan fingerprint density at radius 3 is 2.17 bits per heavy atom. The molecule has 1 aromatic heterocycles. The van der Waals surface area contributed by atoms with Gasteiger partial charge in [0.2, 0.25) is 17.7 Å². The Morgan fingerprint density at radius 1 is 1.03 bits per heavy atom. The monoisotopic (exact) mass is 449 g/mol. The molecule has 30 heavy (non-hydrogen) atoms. The highest BCUT2D eigenvalue weighted by molar-refractivity contribution is 7.91. The van der Waals surface area contributed by atoms with Crippen molar-refractivity contribution in [2.24, 2.45) is 23.7 Å². The molecule has 0 spiro atoms. The molecule has 2 saturated heterocycles. The zero-order valence-corrected chi connectivity index (χ0v) is 18.2. The SMILES string of the molecule is Cc1ccc(S(=O)(=O)N2CCN(C(=O)CN3C(=O)C4C5C=CC(C5)C4C3=O)CC2)s1. The number of carbonyl (C=O) groups is 3. The number of fused-ring (bicyclic) bond motifs is 5. The molecule has 1 aromatic rings. The molecule has 4 aliphatic rings. The predicted octanol–water partition coefficient (Wildman–Crippen LogP) is 0.697. The first kappa shape index (κ1) is 19.9. The lowest BCUT2D eigenvalue weighted by Gasteiger charge is -2.34. The molecular weight excluding hydrogens is 426 g/mol. The molecule has 160 valence electrons. The minimum absolute atomic E-state index is 0.117. The fourth-order valence-corrected chi connectivity index (χ4v) is 8.07. The standard InChI is InChI=1S/C20H23N3O5S2/c1-12-2-5-16(29-12)30(27,28)22-8-6-21(7-9-22)15(24)11-23-19(25)17-13-3-4-14(10-13)18(17)20(23)26/h2-5,13-14,17-18H,6-11H2,1H3. The number of piperazine rings is 1. The maximum Gasteiger partial charge on any atom is 0.252 e. The summed E-state index contributed by atoms with van der Waals surface area (Å²) in [5, 5.41) is 0. The van der Waals surface area contributed by atoms with E-state index in [1.54, 1.807) is 17.0 Å². The van der Waals surface area contributed by atoms with E-state index < -0.39 is 10.0 Å². The van der Waals surface area contributed by atoms with Gasteiger partial charge in [-0.05, 0) is 37.3 Å². The van der Waals surface area contributed by atoms with E-state index in [4.69, 9.17) is 0 Å². The summed E-state index contributed by atoms with van der Waals surface area (Å²) >= 11 is 1.23. The number of aryl methyl sites for hydroxylation is 1. The second-order valence-corrected chi connectivity index (χ2v) is 11.9. The van der Waals surface area contributed by atoms with Gasteiger partial charge in [0.15, 0.2) is 0 Å². The van der Waals surface area contributed by atoms with Crippen molar-refractivity contribution in [2.75, 3.05) is 32.7 Å². The van der Waals surface area contributed by atoms with Crippen molar-refractivity contribution in [3.8, 4) is 0 Å². The predicted molar refractivity (Wildman–Crippen MR) is 109 cm³/mol. The summed E-state index contributed by atoms with van der Waals surface area (Å²) in [6.45, 7) is 2.51. The highest BCUT2D eigenvalue weighted by Gasteiger charge is 2.59. The highest BCUT2D eigenvalue weighted by Crippen LogP contribution is 2.52. The molecule has 5 rings (SSSR count). The maximum atomic E-state index is 12.8. The van der Waals surface area contributed by atoms with Crippen molar-refractivity contribution >= 4 is 39.1 Å². The maximum absolute atomic E-state index is 12.8. The van der Waals surface area contributed by atoms with Crippen LogP contribution in [0.5, 0.6) is 0 Å². The summed E-state index contributed by atoms with van der Waals surface area (Å²) in [7, 11) is -3.56. The summed E-state index contributed by atoms with van der Waals surface area (Å²) in [5.74, 6) is -1.15. The number of imide groups is 1. The van der Waals surface area contributed by atoms with Crippen LogP contribution < -0.4 is 0 Å². The van der Waals surface area contributed by atoms with Crippen molar-refractivity contribution in [3.63, 3.8) is 0 Å². The van der Waals surface area contributed by atoms with Gasteiger partial charge in [-0.3, -0.25) is 19.3 Å². The first-order chi connectivity index (χ1) is 14.3. The molecule has 0 aromatic carbocycles. The number of allylic oxidation sites excluding steroid dienone is 2. The largest absolute Gasteiger partial charge is 0.338 e. The van der Waals surface area contributed by atoms with Gasteiger partial charge < -0.3 is 4.90 Å².